The number of amides is 4. The van der Waals surface area contributed by atoms with Crippen molar-refractivity contribution in [2.75, 3.05) is 6.61 Å². The quantitative estimate of drug-likeness (QED) is 0.820. The Balaban J connectivity index is 1.98. The van der Waals surface area contributed by atoms with Gasteiger partial charge in [-0.3, -0.25) is 29.4 Å². The first-order chi connectivity index (χ1) is 10.5. The SMILES string of the molecule is CCOc1cccc2c1C(=O)N(C1CCC(=O)NC1=O)C2=O. The second kappa shape index (κ2) is 5.25. The number of hydrogen-bond donors (Lipinski definition) is 1. The molecule has 1 atom stereocenters. The fraction of sp³-hybridized carbons (Fsp3) is 0.333. The van der Waals surface area contributed by atoms with Crippen LogP contribution in [0.2, 0.25) is 0 Å². The first-order valence-corrected chi connectivity index (χ1v) is 7.02. The molecular weight excluding hydrogens is 288 g/mol. The van der Waals surface area contributed by atoms with Gasteiger partial charge in [0.25, 0.3) is 11.8 Å². The van der Waals surface area contributed by atoms with Gasteiger partial charge in [-0.15, -0.1) is 0 Å². The largest absolute Gasteiger partial charge is 0.493 e. The van der Waals surface area contributed by atoms with Gasteiger partial charge < -0.3 is 4.74 Å². The standard InChI is InChI=1S/C15H14N2O5/c1-2-22-10-5-3-4-8-12(10)15(21)17(14(8)20)9-6-7-11(18)16-13(9)19/h3-5,9H,2,6-7H2,1H3,(H,16,18,19). The van der Waals surface area contributed by atoms with Gasteiger partial charge in [-0.1, -0.05) is 6.07 Å². The number of benzene rings is 1. The normalized spacial score (nSPS) is 21.0. The lowest BCUT2D eigenvalue weighted by Gasteiger charge is -2.27. The summed E-state index contributed by atoms with van der Waals surface area (Å²) in [6.45, 7) is 2.13. The minimum absolute atomic E-state index is 0.0993. The number of ether oxygens (including phenoxy) is 1. The minimum Gasteiger partial charge on any atom is -0.493 e. The molecule has 0 bridgehead atoms. The van der Waals surface area contributed by atoms with E-state index in [9.17, 15) is 19.2 Å². The van der Waals surface area contributed by atoms with Gasteiger partial charge in [-0.2, -0.15) is 0 Å². The summed E-state index contributed by atoms with van der Waals surface area (Å²) in [4.78, 5) is 49.1. The third-order valence-electron chi connectivity index (χ3n) is 3.73. The van der Waals surface area contributed by atoms with Gasteiger partial charge in [0.15, 0.2) is 0 Å². The predicted octanol–water partition coefficient (Wildman–Crippen LogP) is 0.486. The molecule has 1 saturated heterocycles. The molecule has 0 spiro atoms. The molecule has 1 unspecified atom stereocenters. The number of fused-ring (bicyclic) bond motifs is 1. The molecule has 0 aromatic heterocycles. The van der Waals surface area contributed by atoms with Crippen LogP contribution in [0, 0.1) is 0 Å². The van der Waals surface area contributed by atoms with E-state index < -0.39 is 29.7 Å². The van der Waals surface area contributed by atoms with Crippen molar-refractivity contribution in [3.8, 4) is 5.75 Å². The monoisotopic (exact) mass is 302 g/mol. The van der Waals surface area contributed by atoms with Crippen LogP contribution in [0.5, 0.6) is 5.75 Å². The molecule has 3 rings (SSSR count). The van der Waals surface area contributed by atoms with Crippen LogP contribution in [0.1, 0.15) is 40.5 Å². The molecule has 0 aliphatic carbocycles. The molecule has 7 nitrogen and oxygen atoms in total. The predicted molar refractivity (Wildman–Crippen MR) is 74.3 cm³/mol. The lowest BCUT2D eigenvalue weighted by atomic mass is 10.0. The fourth-order valence-corrected chi connectivity index (χ4v) is 2.76. The third kappa shape index (κ3) is 2.05. The lowest BCUT2D eigenvalue weighted by molar-refractivity contribution is -0.136. The number of nitrogens with one attached hydrogen (secondary N) is 1. The summed E-state index contributed by atoms with van der Waals surface area (Å²) in [5, 5.41) is 2.16. The molecule has 2 aliphatic rings. The second-order valence-corrected chi connectivity index (χ2v) is 5.06. The van der Waals surface area contributed by atoms with E-state index in [1.54, 1.807) is 19.1 Å². The van der Waals surface area contributed by atoms with Crippen LogP contribution >= 0.6 is 0 Å². The summed E-state index contributed by atoms with van der Waals surface area (Å²) in [6.07, 6.45) is 0.238. The molecule has 0 saturated carbocycles. The molecular formula is C15H14N2O5. The smallest absolute Gasteiger partial charge is 0.266 e. The highest BCUT2D eigenvalue weighted by molar-refractivity contribution is 6.24. The molecule has 7 heteroatoms. The van der Waals surface area contributed by atoms with E-state index in [1.807, 2.05) is 0 Å². The Morgan fingerprint density at radius 2 is 2.00 bits per heavy atom. The number of carbonyl (C=O) groups excluding carboxylic acids is 4. The molecule has 1 aromatic carbocycles. The van der Waals surface area contributed by atoms with Gasteiger partial charge in [0.05, 0.1) is 17.7 Å². The zero-order chi connectivity index (χ0) is 15.9. The van der Waals surface area contributed by atoms with Crippen LogP contribution in [0.3, 0.4) is 0 Å². The van der Waals surface area contributed by atoms with E-state index in [1.165, 1.54) is 6.07 Å². The second-order valence-electron chi connectivity index (χ2n) is 5.06. The van der Waals surface area contributed by atoms with Gasteiger partial charge in [0, 0.05) is 6.42 Å². The highest BCUT2D eigenvalue weighted by atomic mass is 16.5. The summed E-state index contributed by atoms with van der Waals surface area (Å²) in [5.41, 5.74) is 0.403. The highest BCUT2D eigenvalue weighted by Crippen LogP contribution is 2.33. The maximum Gasteiger partial charge on any atom is 0.266 e. The summed E-state index contributed by atoms with van der Waals surface area (Å²) in [6, 6.07) is 3.81. The summed E-state index contributed by atoms with van der Waals surface area (Å²) < 4.78 is 5.39. The van der Waals surface area contributed by atoms with Crippen LogP contribution in [-0.2, 0) is 9.59 Å². The van der Waals surface area contributed by atoms with E-state index in [4.69, 9.17) is 4.74 Å². The average molecular weight is 302 g/mol. The van der Waals surface area contributed by atoms with E-state index >= 15 is 0 Å². The first kappa shape index (κ1) is 14.2. The lowest BCUT2D eigenvalue weighted by Crippen LogP contribution is -2.54. The van der Waals surface area contributed by atoms with Gasteiger partial charge >= 0.3 is 0 Å². The third-order valence-corrected chi connectivity index (χ3v) is 3.73. The van der Waals surface area contributed by atoms with Crippen molar-refractivity contribution in [3.63, 3.8) is 0 Å². The number of hydrogen-bond acceptors (Lipinski definition) is 5. The Kier molecular flexibility index (Phi) is 3.40. The van der Waals surface area contributed by atoms with Crippen LogP contribution in [0.15, 0.2) is 18.2 Å². The topological polar surface area (TPSA) is 92.8 Å². The molecule has 1 N–H and O–H groups in total. The van der Waals surface area contributed by atoms with Crippen molar-refractivity contribution in [2.45, 2.75) is 25.8 Å². The Morgan fingerprint density at radius 3 is 2.68 bits per heavy atom. The van der Waals surface area contributed by atoms with Crippen LogP contribution in [0.4, 0.5) is 0 Å². The maximum absolute atomic E-state index is 12.6. The van der Waals surface area contributed by atoms with E-state index in [0.717, 1.165) is 4.90 Å². The van der Waals surface area contributed by atoms with Crippen LogP contribution in [0.25, 0.3) is 0 Å². The van der Waals surface area contributed by atoms with Crippen molar-refractivity contribution in [3.05, 3.63) is 29.3 Å². The van der Waals surface area contributed by atoms with Crippen molar-refractivity contribution in [1.82, 2.24) is 10.2 Å². The number of piperidine rings is 1. The Labute approximate surface area is 126 Å². The fourth-order valence-electron chi connectivity index (χ4n) is 2.76. The summed E-state index contributed by atoms with van der Waals surface area (Å²) in [5.74, 6) is -1.78. The number of imide groups is 2. The molecule has 1 aromatic rings. The molecule has 1 fully saturated rings. The average Bonchev–Trinajstić information content (AvgIpc) is 2.73. The van der Waals surface area contributed by atoms with E-state index in [-0.39, 0.29) is 24.0 Å². The minimum atomic E-state index is -0.959. The van der Waals surface area contributed by atoms with E-state index in [2.05, 4.69) is 5.32 Å². The van der Waals surface area contributed by atoms with Crippen molar-refractivity contribution in [1.29, 1.82) is 0 Å². The molecule has 2 heterocycles. The van der Waals surface area contributed by atoms with Crippen LogP contribution in [-0.4, -0.2) is 41.2 Å². The molecule has 2 aliphatic heterocycles. The molecule has 0 radical (unpaired) electrons. The summed E-state index contributed by atoms with van der Waals surface area (Å²) in [7, 11) is 0. The zero-order valence-corrected chi connectivity index (χ0v) is 11.9. The number of nitrogens with zero attached hydrogens (tertiary/aromatic N) is 1. The van der Waals surface area contributed by atoms with E-state index in [0.29, 0.717) is 12.4 Å². The number of carbonyl (C=O) groups is 4. The van der Waals surface area contributed by atoms with Crippen molar-refractivity contribution in [2.24, 2.45) is 0 Å². The van der Waals surface area contributed by atoms with Gasteiger partial charge in [0.1, 0.15) is 11.8 Å². The van der Waals surface area contributed by atoms with Crippen LogP contribution < -0.4 is 10.1 Å². The zero-order valence-electron chi connectivity index (χ0n) is 11.9. The highest BCUT2D eigenvalue weighted by Gasteiger charge is 2.45. The van der Waals surface area contributed by atoms with Crippen molar-refractivity contribution < 1.29 is 23.9 Å². The Hall–Kier alpha value is -2.70. The number of rotatable bonds is 3. The first-order valence-electron chi connectivity index (χ1n) is 7.02. The Morgan fingerprint density at radius 1 is 1.23 bits per heavy atom. The van der Waals surface area contributed by atoms with Crippen molar-refractivity contribution >= 4 is 23.6 Å². The molecule has 114 valence electrons. The summed E-state index contributed by atoms with van der Waals surface area (Å²) >= 11 is 0. The molecule has 22 heavy (non-hydrogen) atoms. The molecule has 4 amide bonds. The van der Waals surface area contributed by atoms with Gasteiger partial charge in [-0.25, -0.2) is 0 Å². The Bertz CT molecular complexity index is 697. The maximum atomic E-state index is 12.6. The van der Waals surface area contributed by atoms with Gasteiger partial charge in [-0.05, 0) is 25.5 Å². The van der Waals surface area contributed by atoms with Gasteiger partial charge in [0.2, 0.25) is 11.8 Å².